The van der Waals surface area contributed by atoms with Crippen molar-refractivity contribution in [2.45, 2.75) is 11.4 Å². The van der Waals surface area contributed by atoms with Gasteiger partial charge in [-0.3, -0.25) is 4.72 Å². The van der Waals surface area contributed by atoms with Crippen LogP contribution in [0.4, 0.5) is 10.1 Å². The monoisotopic (exact) mass is 314 g/mol. The van der Waals surface area contributed by atoms with Crippen LogP contribution in [0, 0.1) is 5.82 Å². The number of halogens is 2. The summed E-state index contributed by atoms with van der Waals surface area (Å²) in [4.78, 5) is -0.219. The van der Waals surface area contributed by atoms with E-state index < -0.39 is 15.8 Å². The highest BCUT2D eigenvalue weighted by Crippen LogP contribution is 2.25. The molecule has 0 heterocycles. The molecule has 20 heavy (non-hydrogen) atoms. The highest BCUT2D eigenvalue weighted by atomic mass is 35.5. The standard InChI is InChI=1S/C13H12ClFN2O2S/c14-13-9(8-16)6-11(7-12(13)15)20(18,19)17-10-4-2-1-3-5-10/h1-7,17H,8,16H2. The summed E-state index contributed by atoms with van der Waals surface area (Å²) in [6.07, 6.45) is 0. The Bertz CT molecular complexity index is 721. The molecule has 2 rings (SSSR count). The Labute approximate surface area is 121 Å². The third-order valence-corrected chi connectivity index (χ3v) is 4.42. The van der Waals surface area contributed by atoms with E-state index in [4.69, 9.17) is 17.3 Å². The Morgan fingerprint density at radius 1 is 1.20 bits per heavy atom. The predicted octanol–water partition coefficient (Wildman–Crippen LogP) is 2.74. The number of hydrogen-bond donors (Lipinski definition) is 2. The highest BCUT2D eigenvalue weighted by molar-refractivity contribution is 7.92. The lowest BCUT2D eigenvalue weighted by molar-refractivity contribution is 0.594. The number of sulfonamides is 1. The van der Waals surface area contributed by atoms with Crippen molar-refractivity contribution in [2.75, 3.05) is 4.72 Å². The maximum Gasteiger partial charge on any atom is 0.262 e. The minimum absolute atomic E-state index is 0.0511. The lowest BCUT2D eigenvalue weighted by atomic mass is 10.2. The molecule has 0 fully saturated rings. The number of hydrogen-bond acceptors (Lipinski definition) is 3. The first-order valence-corrected chi connectivity index (χ1v) is 7.56. The van der Waals surface area contributed by atoms with Gasteiger partial charge in [0, 0.05) is 12.2 Å². The highest BCUT2D eigenvalue weighted by Gasteiger charge is 2.18. The lowest BCUT2D eigenvalue weighted by Gasteiger charge is -2.10. The van der Waals surface area contributed by atoms with E-state index in [1.807, 2.05) is 0 Å². The van der Waals surface area contributed by atoms with Crippen LogP contribution in [0.1, 0.15) is 5.56 Å². The first-order chi connectivity index (χ1) is 9.44. The van der Waals surface area contributed by atoms with Gasteiger partial charge < -0.3 is 5.73 Å². The molecule has 0 amide bonds. The number of nitrogens with one attached hydrogen (secondary N) is 1. The van der Waals surface area contributed by atoms with Gasteiger partial charge >= 0.3 is 0 Å². The molecule has 0 aliphatic rings. The Hall–Kier alpha value is -1.63. The van der Waals surface area contributed by atoms with Gasteiger partial charge in [-0.2, -0.15) is 0 Å². The van der Waals surface area contributed by atoms with Crippen molar-refractivity contribution in [1.82, 2.24) is 0 Å². The van der Waals surface area contributed by atoms with Gasteiger partial charge in [0.1, 0.15) is 5.82 Å². The third kappa shape index (κ3) is 3.09. The van der Waals surface area contributed by atoms with Crippen molar-refractivity contribution < 1.29 is 12.8 Å². The van der Waals surface area contributed by atoms with Gasteiger partial charge in [-0.05, 0) is 29.8 Å². The fourth-order valence-corrected chi connectivity index (χ4v) is 2.95. The molecule has 0 aromatic heterocycles. The van der Waals surface area contributed by atoms with Crippen LogP contribution < -0.4 is 10.5 Å². The smallest absolute Gasteiger partial charge is 0.262 e. The van der Waals surface area contributed by atoms with Crippen LogP contribution in [0.15, 0.2) is 47.4 Å². The zero-order chi connectivity index (χ0) is 14.8. The molecular formula is C13H12ClFN2O2S. The van der Waals surface area contributed by atoms with Gasteiger partial charge in [-0.25, -0.2) is 12.8 Å². The second kappa shape index (κ2) is 5.78. The molecule has 0 spiro atoms. The van der Waals surface area contributed by atoms with Crippen LogP contribution in [0.2, 0.25) is 5.02 Å². The minimum Gasteiger partial charge on any atom is -0.326 e. The molecule has 4 nitrogen and oxygen atoms in total. The Morgan fingerprint density at radius 2 is 1.85 bits per heavy atom. The summed E-state index contributed by atoms with van der Waals surface area (Å²) in [5.74, 6) is -0.817. The van der Waals surface area contributed by atoms with Crippen LogP contribution in [0.3, 0.4) is 0 Å². The van der Waals surface area contributed by atoms with Crippen LogP contribution in [0.5, 0.6) is 0 Å². The zero-order valence-electron chi connectivity index (χ0n) is 10.3. The van der Waals surface area contributed by atoms with Crippen LogP contribution >= 0.6 is 11.6 Å². The van der Waals surface area contributed by atoms with Gasteiger partial charge in [0.05, 0.1) is 9.92 Å². The van der Waals surface area contributed by atoms with Crippen molar-refractivity contribution in [3.63, 3.8) is 0 Å². The van der Waals surface area contributed by atoms with Crippen LogP contribution in [-0.2, 0) is 16.6 Å². The molecule has 0 atom stereocenters. The van der Waals surface area contributed by atoms with E-state index in [1.54, 1.807) is 30.3 Å². The van der Waals surface area contributed by atoms with E-state index in [1.165, 1.54) is 6.07 Å². The summed E-state index contributed by atoms with van der Waals surface area (Å²) in [7, 11) is -3.89. The first-order valence-electron chi connectivity index (χ1n) is 5.70. The molecule has 0 aliphatic carbocycles. The van der Waals surface area contributed by atoms with E-state index in [-0.39, 0.29) is 22.0 Å². The summed E-state index contributed by atoms with van der Waals surface area (Å²) >= 11 is 5.71. The molecule has 106 valence electrons. The van der Waals surface area contributed by atoms with Crippen LogP contribution in [0.25, 0.3) is 0 Å². The number of rotatable bonds is 4. The molecule has 0 bridgehead atoms. The Balaban J connectivity index is 2.42. The third-order valence-electron chi connectivity index (χ3n) is 2.63. The molecule has 0 saturated heterocycles. The molecular weight excluding hydrogens is 303 g/mol. The number of para-hydroxylation sites is 1. The van der Waals surface area contributed by atoms with Crippen molar-refractivity contribution in [2.24, 2.45) is 5.73 Å². The molecule has 0 unspecified atom stereocenters. The van der Waals surface area contributed by atoms with Crippen molar-refractivity contribution in [1.29, 1.82) is 0 Å². The molecule has 2 aromatic rings. The topological polar surface area (TPSA) is 72.2 Å². The Morgan fingerprint density at radius 3 is 2.45 bits per heavy atom. The summed E-state index contributed by atoms with van der Waals surface area (Å²) in [5, 5.41) is -0.161. The predicted molar refractivity (Wildman–Crippen MR) is 76.6 cm³/mol. The summed E-state index contributed by atoms with van der Waals surface area (Å²) in [5.41, 5.74) is 6.04. The van der Waals surface area contributed by atoms with E-state index in [0.29, 0.717) is 5.69 Å². The van der Waals surface area contributed by atoms with Crippen molar-refractivity contribution in [3.05, 3.63) is 58.9 Å². The summed E-state index contributed by atoms with van der Waals surface area (Å²) < 4.78 is 40.3. The largest absolute Gasteiger partial charge is 0.326 e. The quantitative estimate of drug-likeness (QED) is 0.911. The second-order valence-corrected chi connectivity index (χ2v) is 6.11. The van der Waals surface area contributed by atoms with E-state index in [2.05, 4.69) is 4.72 Å². The molecule has 7 heteroatoms. The average Bonchev–Trinajstić information content (AvgIpc) is 2.42. The normalized spacial score (nSPS) is 11.3. The molecule has 0 aliphatic heterocycles. The van der Waals surface area contributed by atoms with Crippen molar-refractivity contribution >= 4 is 27.3 Å². The van der Waals surface area contributed by atoms with Gasteiger partial charge in [0.25, 0.3) is 10.0 Å². The van der Waals surface area contributed by atoms with Gasteiger partial charge in [0.15, 0.2) is 0 Å². The van der Waals surface area contributed by atoms with E-state index >= 15 is 0 Å². The average molecular weight is 315 g/mol. The molecule has 0 saturated carbocycles. The molecule has 0 radical (unpaired) electrons. The summed E-state index contributed by atoms with van der Waals surface area (Å²) in [6.45, 7) is -0.0511. The number of nitrogens with two attached hydrogens (primary N) is 1. The lowest BCUT2D eigenvalue weighted by Crippen LogP contribution is -2.14. The molecule has 3 N–H and O–H groups in total. The fraction of sp³-hybridized carbons (Fsp3) is 0.0769. The SMILES string of the molecule is NCc1cc(S(=O)(=O)Nc2ccccc2)cc(F)c1Cl. The van der Waals surface area contributed by atoms with E-state index in [0.717, 1.165) is 6.07 Å². The van der Waals surface area contributed by atoms with Crippen molar-refractivity contribution in [3.8, 4) is 0 Å². The Kier molecular flexibility index (Phi) is 4.27. The molecule has 2 aromatic carbocycles. The summed E-state index contributed by atoms with van der Waals surface area (Å²) in [6, 6.07) is 10.4. The number of benzene rings is 2. The zero-order valence-corrected chi connectivity index (χ0v) is 11.9. The minimum atomic E-state index is -3.89. The maximum absolute atomic E-state index is 13.6. The number of anilines is 1. The maximum atomic E-state index is 13.6. The van der Waals surface area contributed by atoms with Crippen LogP contribution in [-0.4, -0.2) is 8.42 Å². The first kappa shape index (κ1) is 14.8. The van der Waals surface area contributed by atoms with Gasteiger partial charge in [-0.15, -0.1) is 0 Å². The second-order valence-electron chi connectivity index (χ2n) is 4.05. The van der Waals surface area contributed by atoms with E-state index in [9.17, 15) is 12.8 Å². The van der Waals surface area contributed by atoms with Gasteiger partial charge in [0.2, 0.25) is 0 Å². The van der Waals surface area contributed by atoms with Gasteiger partial charge in [-0.1, -0.05) is 29.8 Å². The fourth-order valence-electron chi connectivity index (χ4n) is 1.64.